The highest BCUT2D eigenvalue weighted by atomic mass is 16.3. The maximum atomic E-state index is 9.08. The van der Waals surface area contributed by atoms with E-state index in [1.54, 1.807) is 6.07 Å². The standard InChI is InChI=1S/C10H16N4O/c11-10-2-1-9(13-14-10)7-3-4-12-8(5-7)6-15/h1-2,7-8,12,15H,3-6H2,(H2,11,14)/t7?,8-/m0/s1. The average molecular weight is 208 g/mol. The van der Waals surface area contributed by atoms with Crippen molar-refractivity contribution in [2.75, 3.05) is 18.9 Å². The van der Waals surface area contributed by atoms with Gasteiger partial charge in [0.2, 0.25) is 0 Å². The van der Waals surface area contributed by atoms with Gasteiger partial charge in [0.1, 0.15) is 5.82 Å². The first-order chi connectivity index (χ1) is 7.29. The third-order valence-corrected chi connectivity index (χ3v) is 2.84. The summed E-state index contributed by atoms with van der Waals surface area (Å²) in [5.74, 6) is 0.836. The highest BCUT2D eigenvalue weighted by Crippen LogP contribution is 2.25. The first-order valence-corrected chi connectivity index (χ1v) is 5.23. The number of piperidine rings is 1. The Kier molecular flexibility index (Phi) is 3.13. The van der Waals surface area contributed by atoms with Gasteiger partial charge in [0.15, 0.2) is 0 Å². The van der Waals surface area contributed by atoms with E-state index in [1.807, 2.05) is 6.07 Å². The van der Waals surface area contributed by atoms with Crippen molar-refractivity contribution in [1.82, 2.24) is 15.5 Å². The van der Waals surface area contributed by atoms with Gasteiger partial charge in [-0.25, -0.2) is 0 Å². The van der Waals surface area contributed by atoms with Crippen LogP contribution in [0, 0.1) is 0 Å². The summed E-state index contributed by atoms with van der Waals surface area (Å²) in [6.45, 7) is 1.10. The Hall–Kier alpha value is -1.20. The lowest BCUT2D eigenvalue weighted by Crippen LogP contribution is -2.39. The van der Waals surface area contributed by atoms with Gasteiger partial charge in [-0.05, 0) is 31.5 Å². The fraction of sp³-hybridized carbons (Fsp3) is 0.600. The molecular formula is C10H16N4O. The number of hydrogen-bond acceptors (Lipinski definition) is 5. The Labute approximate surface area is 88.7 Å². The van der Waals surface area contributed by atoms with Crippen LogP contribution in [0.15, 0.2) is 12.1 Å². The molecule has 5 heteroatoms. The van der Waals surface area contributed by atoms with E-state index in [2.05, 4.69) is 15.5 Å². The molecule has 1 aromatic rings. The summed E-state index contributed by atoms with van der Waals surface area (Å²) >= 11 is 0. The van der Waals surface area contributed by atoms with Crippen LogP contribution in [0.5, 0.6) is 0 Å². The number of aromatic nitrogens is 2. The second-order valence-corrected chi connectivity index (χ2v) is 3.94. The molecule has 0 aliphatic carbocycles. The summed E-state index contributed by atoms with van der Waals surface area (Å²) in [5.41, 5.74) is 6.46. The highest BCUT2D eigenvalue weighted by molar-refractivity contribution is 5.26. The van der Waals surface area contributed by atoms with Crippen molar-refractivity contribution in [2.24, 2.45) is 0 Å². The normalized spacial score (nSPS) is 26.5. The molecular weight excluding hydrogens is 192 g/mol. The van der Waals surface area contributed by atoms with Crippen LogP contribution >= 0.6 is 0 Å². The molecule has 1 unspecified atom stereocenters. The number of aliphatic hydroxyl groups excluding tert-OH is 1. The SMILES string of the molecule is Nc1ccc(C2CCN[C@H](CO)C2)nn1. The number of hydrogen-bond donors (Lipinski definition) is 3. The van der Waals surface area contributed by atoms with Crippen molar-refractivity contribution in [2.45, 2.75) is 24.8 Å². The van der Waals surface area contributed by atoms with E-state index in [0.29, 0.717) is 11.7 Å². The molecule has 0 bridgehead atoms. The van der Waals surface area contributed by atoms with Crippen LogP contribution in [0.4, 0.5) is 5.82 Å². The van der Waals surface area contributed by atoms with Crippen molar-refractivity contribution in [3.8, 4) is 0 Å². The molecule has 2 atom stereocenters. The molecule has 2 rings (SSSR count). The summed E-state index contributed by atoms with van der Waals surface area (Å²) in [6.07, 6.45) is 1.95. The smallest absolute Gasteiger partial charge is 0.146 e. The van der Waals surface area contributed by atoms with Gasteiger partial charge in [-0.2, -0.15) is 5.10 Å². The number of nitrogen functional groups attached to an aromatic ring is 1. The zero-order chi connectivity index (χ0) is 10.7. The summed E-state index contributed by atoms with van der Waals surface area (Å²) in [6, 6.07) is 3.88. The lowest BCUT2D eigenvalue weighted by Gasteiger charge is -2.28. The highest BCUT2D eigenvalue weighted by Gasteiger charge is 2.23. The molecule has 0 spiro atoms. The summed E-state index contributed by atoms with van der Waals surface area (Å²) in [5, 5.41) is 20.3. The zero-order valence-electron chi connectivity index (χ0n) is 8.56. The second kappa shape index (κ2) is 4.55. The average Bonchev–Trinajstić information content (AvgIpc) is 2.30. The Morgan fingerprint density at radius 2 is 2.33 bits per heavy atom. The van der Waals surface area contributed by atoms with E-state index in [-0.39, 0.29) is 12.6 Å². The Bertz CT molecular complexity index is 314. The summed E-state index contributed by atoms with van der Waals surface area (Å²) in [4.78, 5) is 0. The number of nitrogens with one attached hydrogen (secondary N) is 1. The predicted octanol–water partition coefficient (Wildman–Crippen LogP) is -0.113. The monoisotopic (exact) mass is 208 g/mol. The number of nitrogens with zero attached hydrogens (tertiary/aromatic N) is 2. The maximum Gasteiger partial charge on any atom is 0.146 e. The molecule has 0 radical (unpaired) electrons. The minimum absolute atomic E-state index is 0.179. The van der Waals surface area contributed by atoms with E-state index in [4.69, 9.17) is 10.8 Å². The molecule has 15 heavy (non-hydrogen) atoms. The van der Waals surface area contributed by atoms with Crippen LogP contribution in [-0.2, 0) is 0 Å². The number of rotatable bonds is 2. The van der Waals surface area contributed by atoms with Gasteiger partial charge in [-0.15, -0.1) is 5.10 Å². The molecule has 0 aromatic carbocycles. The van der Waals surface area contributed by atoms with Crippen molar-refractivity contribution >= 4 is 5.82 Å². The second-order valence-electron chi connectivity index (χ2n) is 3.94. The lowest BCUT2D eigenvalue weighted by molar-refractivity contribution is 0.209. The van der Waals surface area contributed by atoms with Crippen LogP contribution in [0.3, 0.4) is 0 Å². The maximum absolute atomic E-state index is 9.08. The largest absolute Gasteiger partial charge is 0.395 e. The molecule has 2 heterocycles. The molecule has 5 nitrogen and oxygen atoms in total. The Morgan fingerprint density at radius 3 is 3.00 bits per heavy atom. The molecule has 0 amide bonds. The van der Waals surface area contributed by atoms with Gasteiger partial charge >= 0.3 is 0 Å². The van der Waals surface area contributed by atoms with Crippen molar-refractivity contribution in [1.29, 1.82) is 0 Å². The molecule has 0 saturated carbocycles. The van der Waals surface area contributed by atoms with E-state index in [1.165, 1.54) is 0 Å². The van der Waals surface area contributed by atoms with Crippen molar-refractivity contribution in [3.05, 3.63) is 17.8 Å². The topological polar surface area (TPSA) is 84.1 Å². The van der Waals surface area contributed by atoms with Crippen LogP contribution in [0.1, 0.15) is 24.5 Å². The number of aliphatic hydroxyl groups is 1. The predicted molar refractivity (Wildman–Crippen MR) is 57.3 cm³/mol. The summed E-state index contributed by atoms with van der Waals surface area (Å²) < 4.78 is 0. The number of anilines is 1. The van der Waals surface area contributed by atoms with Gasteiger partial charge < -0.3 is 16.2 Å². The van der Waals surface area contributed by atoms with Crippen LogP contribution < -0.4 is 11.1 Å². The van der Waals surface area contributed by atoms with E-state index in [0.717, 1.165) is 25.1 Å². The quantitative estimate of drug-likeness (QED) is 0.631. The molecule has 4 N–H and O–H groups in total. The molecule has 1 aliphatic rings. The Balaban J connectivity index is 2.06. The van der Waals surface area contributed by atoms with Crippen LogP contribution in [0.25, 0.3) is 0 Å². The van der Waals surface area contributed by atoms with Gasteiger partial charge in [0.25, 0.3) is 0 Å². The zero-order valence-corrected chi connectivity index (χ0v) is 8.56. The first-order valence-electron chi connectivity index (χ1n) is 5.23. The molecule has 1 aromatic heterocycles. The minimum Gasteiger partial charge on any atom is -0.395 e. The first kappa shape index (κ1) is 10.3. The van der Waals surface area contributed by atoms with E-state index >= 15 is 0 Å². The molecule has 1 aliphatic heterocycles. The third kappa shape index (κ3) is 2.43. The third-order valence-electron chi connectivity index (χ3n) is 2.84. The van der Waals surface area contributed by atoms with E-state index < -0.39 is 0 Å². The lowest BCUT2D eigenvalue weighted by atomic mass is 9.90. The summed E-state index contributed by atoms with van der Waals surface area (Å²) in [7, 11) is 0. The molecule has 1 fully saturated rings. The van der Waals surface area contributed by atoms with E-state index in [9.17, 15) is 0 Å². The van der Waals surface area contributed by atoms with Gasteiger partial charge in [0.05, 0.1) is 12.3 Å². The van der Waals surface area contributed by atoms with Crippen molar-refractivity contribution in [3.63, 3.8) is 0 Å². The number of nitrogens with two attached hydrogens (primary N) is 1. The van der Waals surface area contributed by atoms with Gasteiger partial charge in [-0.3, -0.25) is 0 Å². The minimum atomic E-state index is 0.179. The fourth-order valence-corrected chi connectivity index (χ4v) is 1.98. The van der Waals surface area contributed by atoms with Gasteiger partial charge in [-0.1, -0.05) is 0 Å². The van der Waals surface area contributed by atoms with Crippen molar-refractivity contribution < 1.29 is 5.11 Å². The van der Waals surface area contributed by atoms with Crippen LogP contribution in [0.2, 0.25) is 0 Å². The molecule has 82 valence electrons. The van der Waals surface area contributed by atoms with Gasteiger partial charge in [0, 0.05) is 12.0 Å². The van der Waals surface area contributed by atoms with Crippen LogP contribution in [-0.4, -0.2) is 34.5 Å². The Morgan fingerprint density at radius 1 is 1.47 bits per heavy atom. The molecule has 1 saturated heterocycles. The fourth-order valence-electron chi connectivity index (χ4n) is 1.98.